The van der Waals surface area contributed by atoms with Crippen LogP contribution in [0.4, 0.5) is 0 Å². The Morgan fingerprint density at radius 1 is 1.37 bits per heavy atom. The average molecular weight is 288 g/mol. The molecule has 0 aliphatic heterocycles. The van der Waals surface area contributed by atoms with Crippen molar-refractivity contribution in [3.8, 4) is 0 Å². The molecule has 112 valence electrons. The van der Waals surface area contributed by atoms with Gasteiger partial charge in [-0.2, -0.15) is 0 Å². The molecule has 0 aromatic heterocycles. The summed E-state index contributed by atoms with van der Waals surface area (Å²) in [5, 5.41) is 3.89. The van der Waals surface area contributed by atoms with E-state index in [-0.39, 0.29) is 5.41 Å². The van der Waals surface area contributed by atoms with Gasteiger partial charge in [-0.05, 0) is 52.3 Å². The molecule has 0 aromatic rings. The molecule has 0 fully saturated rings. The predicted octanol–water partition coefficient (Wildman–Crippen LogP) is 4.86. The Bertz CT molecular complexity index is 299. The Labute approximate surface area is 124 Å². The maximum absolute atomic E-state index is 6.17. The molecule has 0 aromatic carbocycles. The fraction of sp³-hybridized carbons (Fsp3) is 0.750. The highest BCUT2D eigenvalue weighted by atomic mass is 35.5. The molecule has 0 heterocycles. The summed E-state index contributed by atoms with van der Waals surface area (Å²) in [6, 6.07) is 0. The van der Waals surface area contributed by atoms with Crippen molar-refractivity contribution in [1.82, 2.24) is 5.32 Å². The summed E-state index contributed by atoms with van der Waals surface area (Å²) in [4.78, 5) is 0. The van der Waals surface area contributed by atoms with E-state index < -0.39 is 0 Å². The van der Waals surface area contributed by atoms with Gasteiger partial charge in [-0.25, -0.2) is 0 Å². The third-order valence-corrected chi connectivity index (χ3v) is 3.93. The lowest BCUT2D eigenvalue weighted by Gasteiger charge is -2.28. The molecule has 19 heavy (non-hydrogen) atoms. The van der Waals surface area contributed by atoms with Crippen LogP contribution in [-0.2, 0) is 4.74 Å². The first kappa shape index (κ1) is 18.5. The van der Waals surface area contributed by atoms with Crippen LogP contribution >= 0.6 is 11.6 Å². The normalized spacial score (nSPS) is 16.3. The summed E-state index contributed by atoms with van der Waals surface area (Å²) in [6.45, 7) is 10.3. The Morgan fingerprint density at radius 2 is 2.05 bits per heavy atom. The van der Waals surface area contributed by atoms with E-state index in [1.807, 2.05) is 26.1 Å². The zero-order chi connectivity index (χ0) is 14.7. The highest BCUT2D eigenvalue weighted by Crippen LogP contribution is 2.29. The summed E-state index contributed by atoms with van der Waals surface area (Å²) in [5.74, 6) is 0.819. The van der Waals surface area contributed by atoms with Crippen LogP contribution in [0.2, 0.25) is 0 Å². The summed E-state index contributed by atoms with van der Waals surface area (Å²) in [5.41, 5.74) is 0.226. The van der Waals surface area contributed by atoms with Gasteiger partial charge < -0.3 is 10.1 Å². The lowest BCUT2D eigenvalue weighted by molar-refractivity contribution is 0.0904. The van der Waals surface area contributed by atoms with Gasteiger partial charge in [-0.1, -0.05) is 38.4 Å². The van der Waals surface area contributed by atoms with Crippen molar-refractivity contribution in [3.63, 3.8) is 0 Å². The maximum Gasteiger partial charge on any atom is 0.111 e. The van der Waals surface area contributed by atoms with Gasteiger partial charge in [-0.3, -0.25) is 0 Å². The summed E-state index contributed by atoms with van der Waals surface area (Å²) < 4.78 is 5.86. The molecule has 1 unspecified atom stereocenters. The van der Waals surface area contributed by atoms with Crippen molar-refractivity contribution in [1.29, 1.82) is 0 Å². The minimum Gasteiger partial charge on any atom is -0.496 e. The van der Waals surface area contributed by atoms with Crippen LogP contribution in [0.3, 0.4) is 0 Å². The molecule has 0 saturated carbocycles. The number of ether oxygens (including phenoxy) is 1. The van der Waals surface area contributed by atoms with E-state index in [9.17, 15) is 0 Å². The summed E-state index contributed by atoms with van der Waals surface area (Å²) in [7, 11) is 1.99. The Morgan fingerprint density at radius 3 is 2.58 bits per heavy atom. The second kappa shape index (κ2) is 10.3. The Hall–Kier alpha value is -0.470. The molecule has 0 rings (SSSR count). The molecule has 3 heteroatoms. The summed E-state index contributed by atoms with van der Waals surface area (Å²) in [6.07, 6.45) is 8.41. The van der Waals surface area contributed by atoms with Crippen molar-refractivity contribution in [3.05, 3.63) is 22.9 Å². The van der Waals surface area contributed by atoms with Gasteiger partial charge in [0.1, 0.15) is 5.76 Å². The lowest BCUT2D eigenvalue weighted by Crippen LogP contribution is -2.24. The topological polar surface area (TPSA) is 21.3 Å². The molecular weight excluding hydrogens is 258 g/mol. The van der Waals surface area contributed by atoms with Crippen molar-refractivity contribution in [2.75, 3.05) is 20.2 Å². The van der Waals surface area contributed by atoms with Gasteiger partial charge in [-0.15, -0.1) is 0 Å². The van der Waals surface area contributed by atoms with Gasteiger partial charge >= 0.3 is 0 Å². The van der Waals surface area contributed by atoms with Crippen molar-refractivity contribution < 1.29 is 4.74 Å². The SMILES string of the molecule is CC/C=C\C(Cl)=C(/C)OCC(C)(CC)CCCNC. The first-order valence-electron chi connectivity index (χ1n) is 7.29. The Balaban J connectivity index is 4.36. The van der Waals surface area contributed by atoms with Crippen molar-refractivity contribution >= 4 is 11.6 Å². The highest BCUT2D eigenvalue weighted by molar-refractivity contribution is 6.31. The van der Waals surface area contributed by atoms with Crippen LogP contribution in [0.25, 0.3) is 0 Å². The van der Waals surface area contributed by atoms with Crippen LogP contribution in [-0.4, -0.2) is 20.2 Å². The van der Waals surface area contributed by atoms with Gasteiger partial charge in [0.05, 0.1) is 11.6 Å². The molecule has 0 saturated heterocycles. The van der Waals surface area contributed by atoms with E-state index in [0.29, 0.717) is 5.03 Å². The fourth-order valence-electron chi connectivity index (χ4n) is 1.73. The average Bonchev–Trinajstić information content (AvgIpc) is 2.42. The first-order chi connectivity index (χ1) is 8.99. The van der Waals surface area contributed by atoms with Crippen LogP contribution in [0.5, 0.6) is 0 Å². The Kier molecular flexibility index (Phi) is 10.1. The number of hydrogen-bond acceptors (Lipinski definition) is 2. The monoisotopic (exact) mass is 287 g/mol. The second-order valence-corrected chi connectivity index (χ2v) is 5.78. The molecule has 0 aliphatic carbocycles. The minimum atomic E-state index is 0.226. The van der Waals surface area contributed by atoms with Crippen molar-refractivity contribution in [2.24, 2.45) is 5.41 Å². The molecule has 0 radical (unpaired) electrons. The first-order valence-corrected chi connectivity index (χ1v) is 7.67. The van der Waals surface area contributed by atoms with E-state index in [1.165, 1.54) is 12.8 Å². The van der Waals surface area contributed by atoms with E-state index in [0.717, 1.165) is 31.8 Å². The van der Waals surface area contributed by atoms with E-state index in [4.69, 9.17) is 16.3 Å². The number of hydrogen-bond donors (Lipinski definition) is 1. The van der Waals surface area contributed by atoms with Crippen molar-refractivity contribution in [2.45, 2.75) is 53.4 Å². The molecular formula is C16H30ClNO. The van der Waals surface area contributed by atoms with Gasteiger partial charge in [0.2, 0.25) is 0 Å². The van der Waals surface area contributed by atoms with Crippen LogP contribution < -0.4 is 5.32 Å². The summed E-state index contributed by atoms with van der Waals surface area (Å²) >= 11 is 6.17. The third-order valence-electron chi connectivity index (χ3n) is 3.53. The highest BCUT2D eigenvalue weighted by Gasteiger charge is 2.22. The standard InChI is InChI=1S/C16H30ClNO/c1-6-8-10-15(17)14(3)19-13-16(4,7-2)11-9-12-18-5/h8,10,18H,6-7,9,11-13H2,1-5H3/b10-8-,15-14-. The zero-order valence-electron chi connectivity index (χ0n) is 13.2. The zero-order valence-corrected chi connectivity index (χ0v) is 13.9. The molecule has 0 bridgehead atoms. The van der Waals surface area contributed by atoms with Crippen LogP contribution in [0.15, 0.2) is 22.9 Å². The van der Waals surface area contributed by atoms with Gasteiger partial charge in [0.15, 0.2) is 0 Å². The lowest BCUT2D eigenvalue weighted by atomic mass is 9.83. The smallest absolute Gasteiger partial charge is 0.111 e. The molecule has 2 nitrogen and oxygen atoms in total. The number of nitrogens with one attached hydrogen (secondary N) is 1. The van der Waals surface area contributed by atoms with Crippen LogP contribution in [0, 0.1) is 5.41 Å². The van der Waals surface area contributed by atoms with Crippen LogP contribution in [0.1, 0.15) is 53.4 Å². The number of halogens is 1. The third kappa shape index (κ3) is 8.33. The molecule has 0 spiro atoms. The molecule has 1 N–H and O–H groups in total. The fourth-order valence-corrected chi connectivity index (χ4v) is 1.88. The van der Waals surface area contributed by atoms with Gasteiger partial charge in [0, 0.05) is 5.41 Å². The number of rotatable bonds is 10. The minimum absolute atomic E-state index is 0.226. The van der Waals surface area contributed by atoms with E-state index >= 15 is 0 Å². The molecule has 0 amide bonds. The largest absolute Gasteiger partial charge is 0.496 e. The second-order valence-electron chi connectivity index (χ2n) is 5.37. The predicted molar refractivity (Wildman–Crippen MR) is 85.5 cm³/mol. The number of allylic oxidation sites excluding steroid dienone is 4. The molecule has 0 aliphatic rings. The molecule has 1 atom stereocenters. The quantitative estimate of drug-likeness (QED) is 0.352. The van der Waals surface area contributed by atoms with Gasteiger partial charge in [0.25, 0.3) is 0 Å². The van der Waals surface area contributed by atoms with E-state index in [2.05, 4.69) is 26.1 Å². The van der Waals surface area contributed by atoms with E-state index in [1.54, 1.807) is 0 Å². The maximum atomic E-state index is 6.17.